The van der Waals surface area contributed by atoms with E-state index in [0.29, 0.717) is 41.3 Å². The molecule has 4 rings (SSSR count). The standard InChI is InChI=1S/C30H30F3N3O4S/c1-41(39,40)36-25-12-7-9-20(16-25)26-13-6-5-8-21(26)18-29(38,23-10-3-2-4-11-23)28(37)35-24-15-14-22(19-34)27(17-24)30(31,32)33/h5-9,12-17,23,36,38H,2-4,10-11,18H2,1H3,(H,35,37). The number of carbonyl (C=O) groups excluding carboxylic acids is 1. The molecule has 0 aromatic heterocycles. The predicted octanol–water partition coefficient (Wildman–Crippen LogP) is 6.11. The van der Waals surface area contributed by atoms with Crippen LogP contribution >= 0.6 is 0 Å². The molecule has 216 valence electrons. The number of aliphatic hydroxyl groups is 1. The normalized spacial score (nSPS) is 15.9. The molecule has 11 heteroatoms. The molecular formula is C30H30F3N3O4S. The van der Waals surface area contributed by atoms with Gasteiger partial charge in [-0.25, -0.2) is 8.42 Å². The van der Waals surface area contributed by atoms with E-state index >= 15 is 0 Å². The van der Waals surface area contributed by atoms with Gasteiger partial charge in [0.05, 0.1) is 23.5 Å². The molecule has 0 radical (unpaired) electrons. The maximum absolute atomic E-state index is 13.7. The smallest absolute Gasteiger partial charge is 0.379 e. The molecule has 1 unspecified atom stereocenters. The third-order valence-corrected chi connectivity index (χ3v) is 7.94. The molecule has 0 aliphatic heterocycles. The van der Waals surface area contributed by atoms with Gasteiger partial charge in [0.2, 0.25) is 10.0 Å². The van der Waals surface area contributed by atoms with Crippen molar-refractivity contribution in [2.45, 2.75) is 50.3 Å². The Bertz CT molecular complexity index is 1580. The minimum atomic E-state index is -4.80. The first-order chi connectivity index (χ1) is 19.3. The minimum Gasteiger partial charge on any atom is -0.379 e. The van der Waals surface area contributed by atoms with Crippen LogP contribution in [0, 0.1) is 17.2 Å². The summed E-state index contributed by atoms with van der Waals surface area (Å²) in [7, 11) is -3.52. The summed E-state index contributed by atoms with van der Waals surface area (Å²) < 4.78 is 66.6. The second-order valence-corrected chi connectivity index (χ2v) is 12.1. The fourth-order valence-corrected chi connectivity index (χ4v) is 5.95. The number of hydrogen-bond acceptors (Lipinski definition) is 5. The lowest BCUT2D eigenvalue weighted by molar-refractivity contribution is -0.142. The van der Waals surface area contributed by atoms with Crippen LogP contribution in [-0.2, 0) is 27.4 Å². The molecule has 1 fully saturated rings. The molecule has 7 nitrogen and oxygen atoms in total. The molecular weight excluding hydrogens is 555 g/mol. The Kier molecular flexibility index (Phi) is 8.75. The number of benzene rings is 3. The number of hydrogen-bond donors (Lipinski definition) is 3. The average molecular weight is 586 g/mol. The van der Waals surface area contributed by atoms with Crippen LogP contribution in [0.2, 0.25) is 0 Å². The van der Waals surface area contributed by atoms with Crippen LogP contribution in [0.25, 0.3) is 11.1 Å². The van der Waals surface area contributed by atoms with Crippen molar-refractivity contribution in [1.82, 2.24) is 0 Å². The van der Waals surface area contributed by atoms with Gasteiger partial charge in [-0.15, -0.1) is 0 Å². The summed E-state index contributed by atoms with van der Waals surface area (Å²) in [4.78, 5) is 13.7. The Labute approximate surface area is 237 Å². The number of nitrogens with one attached hydrogen (secondary N) is 2. The maximum Gasteiger partial charge on any atom is 0.417 e. The number of nitriles is 1. The Balaban J connectivity index is 1.71. The van der Waals surface area contributed by atoms with E-state index in [0.717, 1.165) is 31.6 Å². The molecule has 1 aliphatic rings. The lowest BCUT2D eigenvalue weighted by atomic mass is 9.72. The van der Waals surface area contributed by atoms with Gasteiger partial charge in [-0.05, 0) is 65.8 Å². The van der Waals surface area contributed by atoms with E-state index in [1.165, 1.54) is 12.1 Å². The molecule has 41 heavy (non-hydrogen) atoms. The fraction of sp³-hybridized carbons (Fsp3) is 0.333. The van der Waals surface area contributed by atoms with E-state index < -0.39 is 44.8 Å². The number of sulfonamides is 1. The van der Waals surface area contributed by atoms with Crippen LogP contribution in [0.5, 0.6) is 0 Å². The molecule has 0 spiro atoms. The summed E-state index contributed by atoms with van der Waals surface area (Å²) in [5.74, 6) is -1.27. The summed E-state index contributed by atoms with van der Waals surface area (Å²) in [5.41, 5.74) is -1.59. The molecule has 3 aromatic rings. The van der Waals surface area contributed by atoms with Gasteiger partial charge in [-0.3, -0.25) is 9.52 Å². The van der Waals surface area contributed by atoms with Crippen LogP contribution in [0.4, 0.5) is 24.5 Å². The van der Waals surface area contributed by atoms with Gasteiger partial charge in [0.1, 0.15) is 5.60 Å². The molecule has 0 saturated heterocycles. The van der Waals surface area contributed by atoms with Crippen LogP contribution in [-0.4, -0.2) is 31.3 Å². The molecule has 1 amide bonds. The van der Waals surface area contributed by atoms with Crippen molar-refractivity contribution in [3.05, 3.63) is 83.4 Å². The molecule has 1 atom stereocenters. The van der Waals surface area contributed by atoms with Gasteiger partial charge in [0, 0.05) is 17.8 Å². The number of rotatable bonds is 8. The highest BCUT2D eigenvalue weighted by Crippen LogP contribution is 2.39. The second kappa shape index (κ2) is 11.9. The first-order valence-corrected chi connectivity index (χ1v) is 15.0. The molecule has 0 heterocycles. The molecule has 3 aromatic carbocycles. The number of carbonyl (C=O) groups is 1. The van der Waals surface area contributed by atoms with E-state index in [2.05, 4.69) is 10.0 Å². The van der Waals surface area contributed by atoms with Crippen molar-refractivity contribution in [2.75, 3.05) is 16.3 Å². The number of amides is 1. The lowest BCUT2D eigenvalue weighted by Crippen LogP contribution is -2.51. The van der Waals surface area contributed by atoms with Crippen molar-refractivity contribution in [2.24, 2.45) is 5.92 Å². The Morgan fingerprint density at radius 3 is 2.37 bits per heavy atom. The number of alkyl halides is 3. The third kappa shape index (κ3) is 7.26. The van der Waals surface area contributed by atoms with Crippen LogP contribution in [0.1, 0.15) is 48.8 Å². The fourth-order valence-electron chi connectivity index (χ4n) is 5.39. The first kappa shape index (κ1) is 30.1. The minimum absolute atomic E-state index is 0.119. The van der Waals surface area contributed by atoms with Crippen LogP contribution in [0.15, 0.2) is 66.7 Å². The van der Waals surface area contributed by atoms with Gasteiger partial charge in [0.25, 0.3) is 5.91 Å². The summed E-state index contributed by atoms with van der Waals surface area (Å²) >= 11 is 0. The first-order valence-electron chi connectivity index (χ1n) is 13.1. The van der Waals surface area contributed by atoms with Crippen molar-refractivity contribution in [3.63, 3.8) is 0 Å². The van der Waals surface area contributed by atoms with Gasteiger partial charge in [0.15, 0.2) is 0 Å². The predicted molar refractivity (Wildman–Crippen MR) is 150 cm³/mol. The summed E-state index contributed by atoms with van der Waals surface area (Å²) in [5, 5.41) is 23.6. The van der Waals surface area contributed by atoms with E-state index in [-0.39, 0.29) is 12.1 Å². The number of nitrogens with zero attached hydrogens (tertiary/aromatic N) is 1. The second-order valence-electron chi connectivity index (χ2n) is 10.4. The lowest BCUT2D eigenvalue weighted by Gasteiger charge is -2.38. The zero-order valence-electron chi connectivity index (χ0n) is 22.3. The average Bonchev–Trinajstić information content (AvgIpc) is 2.92. The van der Waals surface area contributed by atoms with Crippen LogP contribution < -0.4 is 10.0 Å². The highest BCUT2D eigenvalue weighted by atomic mass is 32.2. The van der Waals surface area contributed by atoms with Crippen molar-refractivity contribution in [1.29, 1.82) is 5.26 Å². The Hall–Kier alpha value is -3.88. The molecule has 1 aliphatic carbocycles. The zero-order valence-corrected chi connectivity index (χ0v) is 23.1. The number of halogens is 3. The molecule has 0 bridgehead atoms. The topological polar surface area (TPSA) is 119 Å². The summed E-state index contributed by atoms with van der Waals surface area (Å²) in [6.07, 6.45) is -0.178. The van der Waals surface area contributed by atoms with Crippen LogP contribution in [0.3, 0.4) is 0 Å². The van der Waals surface area contributed by atoms with Gasteiger partial charge in [-0.1, -0.05) is 55.7 Å². The summed E-state index contributed by atoms with van der Waals surface area (Å²) in [6, 6.07) is 18.2. The highest BCUT2D eigenvalue weighted by molar-refractivity contribution is 7.92. The SMILES string of the molecule is CS(=O)(=O)Nc1cccc(-c2ccccc2CC(O)(C(=O)Nc2ccc(C#N)c(C(F)(F)F)c2)C2CCCCC2)c1. The van der Waals surface area contributed by atoms with E-state index in [1.54, 1.807) is 48.5 Å². The van der Waals surface area contributed by atoms with E-state index in [1.807, 2.05) is 0 Å². The van der Waals surface area contributed by atoms with Gasteiger partial charge in [-0.2, -0.15) is 18.4 Å². The van der Waals surface area contributed by atoms with Gasteiger partial charge >= 0.3 is 6.18 Å². The quantitative estimate of drug-likeness (QED) is 0.295. The number of anilines is 2. The molecule has 3 N–H and O–H groups in total. The molecule has 1 saturated carbocycles. The largest absolute Gasteiger partial charge is 0.417 e. The van der Waals surface area contributed by atoms with E-state index in [9.17, 15) is 31.5 Å². The monoisotopic (exact) mass is 585 g/mol. The third-order valence-electron chi connectivity index (χ3n) is 7.33. The zero-order chi connectivity index (χ0) is 29.8. The van der Waals surface area contributed by atoms with Crippen molar-refractivity contribution >= 4 is 27.3 Å². The van der Waals surface area contributed by atoms with Crippen molar-refractivity contribution < 1.29 is 31.5 Å². The Morgan fingerprint density at radius 1 is 1.00 bits per heavy atom. The highest BCUT2D eigenvalue weighted by Gasteiger charge is 2.45. The summed E-state index contributed by atoms with van der Waals surface area (Å²) in [6.45, 7) is 0. The van der Waals surface area contributed by atoms with E-state index in [4.69, 9.17) is 5.26 Å². The Morgan fingerprint density at radius 2 is 1.71 bits per heavy atom. The maximum atomic E-state index is 13.7. The van der Waals surface area contributed by atoms with Crippen molar-refractivity contribution in [3.8, 4) is 17.2 Å². The van der Waals surface area contributed by atoms with Gasteiger partial charge < -0.3 is 10.4 Å².